The third-order valence-electron chi connectivity index (χ3n) is 6.89. The molecular formula is C26H25F2N7O4. The Bertz CT molecular complexity index is 1450. The van der Waals surface area contributed by atoms with Crippen molar-refractivity contribution in [2.24, 2.45) is 13.0 Å². The van der Waals surface area contributed by atoms with Gasteiger partial charge < -0.3 is 20.1 Å². The van der Waals surface area contributed by atoms with Gasteiger partial charge in [0.05, 0.1) is 24.0 Å². The molecule has 5 rings (SSSR count). The fourth-order valence-corrected chi connectivity index (χ4v) is 4.70. The second-order valence-corrected chi connectivity index (χ2v) is 9.63. The number of rotatable bonds is 7. The molecule has 3 aromatic rings. The molecule has 202 valence electrons. The Morgan fingerprint density at radius 1 is 1.31 bits per heavy atom. The van der Waals surface area contributed by atoms with Crippen LogP contribution in [0.15, 0.2) is 43.0 Å². The number of nitrogens with zero attached hydrogens (tertiary/aromatic N) is 6. The lowest BCUT2D eigenvalue weighted by molar-refractivity contribution is -0.161. The second kappa shape index (κ2) is 10.4. The molecule has 2 N–H and O–H groups in total. The van der Waals surface area contributed by atoms with E-state index in [9.17, 15) is 23.6 Å². The fourth-order valence-electron chi connectivity index (χ4n) is 4.70. The summed E-state index contributed by atoms with van der Waals surface area (Å²) < 4.78 is 36.6. The average Bonchev–Trinajstić information content (AvgIpc) is 3.62. The molecule has 1 aliphatic heterocycles. The second-order valence-electron chi connectivity index (χ2n) is 9.63. The summed E-state index contributed by atoms with van der Waals surface area (Å²) in [5.41, 5.74) is 1.96. The van der Waals surface area contributed by atoms with Gasteiger partial charge in [-0.05, 0) is 36.1 Å². The molecule has 2 fully saturated rings. The first-order chi connectivity index (χ1) is 18.7. The van der Waals surface area contributed by atoms with E-state index in [4.69, 9.17) is 9.84 Å². The van der Waals surface area contributed by atoms with Gasteiger partial charge in [-0.15, -0.1) is 0 Å². The first kappa shape index (κ1) is 26.2. The van der Waals surface area contributed by atoms with Crippen molar-refractivity contribution in [3.63, 3.8) is 0 Å². The monoisotopic (exact) mass is 537 g/mol. The summed E-state index contributed by atoms with van der Waals surface area (Å²) in [5, 5.41) is 25.6. The van der Waals surface area contributed by atoms with Crippen molar-refractivity contribution >= 4 is 17.6 Å². The Balaban J connectivity index is 1.27. The number of aromatic nitrogens is 4. The number of benzene rings is 1. The molecule has 0 spiro atoms. The molecule has 1 saturated heterocycles. The molecule has 13 heteroatoms. The highest BCUT2D eigenvalue weighted by atomic mass is 19.3. The van der Waals surface area contributed by atoms with E-state index in [1.54, 1.807) is 23.0 Å². The molecule has 0 radical (unpaired) electrons. The Hall–Kier alpha value is -4.44. The fraction of sp³-hybridized carbons (Fsp3) is 0.385. The van der Waals surface area contributed by atoms with Crippen LogP contribution in [0.4, 0.5) is 14.6 Å². The van der Waals surface area contributed by atoms with Crippen molar-refractivity contribution < 1.29 is 28.2 Å². The molecule has 11 nitrogen and oxygen atoms in total. The van der Waals surface area contributed by atoms with Crippen molar-refractivity contribution in [3.8, 4) is 23.1 Å². The average molecular weight is 538 g/mol. The van der Waals surface area contributed by atoms with E-state index >= 15 is 0 Å². The maximum absolute atomic E-state index is 14.7. The van der Waals surface area contributed by atoms with Crippen LogP contribution in [0.25, 0.3) is 11.3 Å². The van der Waals surface area contributed by atoms with Crippen LogP contribution in [0.3, 0.4) is 0 Å². The van der Waals surface area contributed by atoms with Gasteiger partial charge >= 0.3 is 5.92 Å². The number of anilines is 1. The van der Waals surface area contributed by atoms with Crippen LogP contribution in [0.2, 0.25) is 0 Å². The number of aryl methyl sites for hydroxylation is 1. The van der Waals surface area contributed by atoms with Crippen LogP contribution in [0.5, 0.6) is 5.75 Å². The molecule has 3 heterocycles. The maximum atomic E-state index is 14.7. The number of aliphatic hydroxyl groups is 1. The van der Waals surface area contributed by atoms with E-state index in [-0.39, 0.29) is 42.0 Å². The van der Waals surface area contributed by atoms with Crippen molar-refractivity contribution in [1.29, 1.82) is 5.26 Å². The zero-order valence-electron chi connectivity index (χ0n) is 20.9. The van der Waals surface area contributed by atoms with Gasteiger partial charge in [0.2, 0.25) is 11.8 Å². The van der Waals surface area contributed by atoms with Gasteiger partial charge in [0.1, 0.15) is 30.6 Å². The minimum atomic E-state index is -3.37. The number of nitrogens with one attached hydrogen (secondary N) is 1. The minimum absolute atomic E-state index is 0.00110. The van der Waals surface area contributed by atoms with Gasteiger partial charge in [-0.3, -0.25) is 14.3 Å². The standard InChI is InChI=1S/C26H25F2N7O4/c1-34-11-17(10-32-34)18-7-19(18)25(38)33-23-8-20(30-14-31-23)15-2-3-21(16(6-15)9-29)39-22-4-5-35(24(37)12-36)13-26(22,27)28/h2-3,6,8,10-11,14,18-19,22,36H,4-5,7,12-13H2,1H3,(H,30,31,33,38)/t18-,19?,22+/m1/s1. The van der Waals surface area contributed by atoms with Gasteiger partial charge in [0, 0.05) is 43.8 Å². The minimum Gasteiger partial charge on any atom is -0.483 e. The SMILES string of the molecule is Cn1cc([C@H]2CC2C(=O)Nc2cc(-c3ccc(O[C@H]4CCN(C(=O)CO)CC4(F)F)c(C#N)c3)ncn2)cn1. The van der Waals surface area contributed by atoms with Crippen LogP contribution >= 0.6 is 0 Å². The molecule has 39 heavy (non-hydrogen) atoms. The molecule has 2 aliphatic rings. The maximum Gasteiger partial charge on any atom is 0.301 e. The lowest BCUT2D eigenvalue weighted by atomic mass is 10.0. The quantitative estimate of drug-likeness (QED) is 0.466. The molecule has 1 unspecified atom stereocenters. The Kier molecular flexibility index (Phi) is 6.96. The van der Waals surface area contributed by atoms with Crippen molar-refractivity contribution in [3.05, 3.63) is 54.1 Å². The number of halogens is 2. The zero-order valence-corrected chi connectivity index (χ0v) is 20.9. The van der Waals surface area contributed by atoms with Crippen LogP contribution < -0.4 is 10.1 Å². The summed E-state index contributed by atoms with van der Waals surface area (Å²) in [6.07, 6.45) is 3.94. The molecule has 2 amide bonds. The van der Waals surface area contributed by atoms with Crippen LogP contribution in [-0.4, -0.2) is 73.3 Å². The van der Waals surface area contributed by atoms with E-state index in [1.807, 2.05) is 19.3 Å². The highest BCUT2D eigenvalue weighted by Crippen LogP contribution is 2.47. The molecule has 1 aliphatic carbocycles. The smallest absolute Gasteiger partial charge is 0.301 e. The Labute approximate surface area is 222 Å². The van der Waals surface area contributed by atoms with Crippen molar-refractivity contribution in [2.45, 2.75) is 30.8 Å². The lowest BCUT2D eigenvalue weighted by Crippen LogP contribution is -2.55. The molecule has 2 aromatic heterocycles. The number of hydrogen-bond donors (Lipinski definition) is 2. The largest absolute Gasteiger partial charge is 0.483 e. The van der Waals surface area contributed by atoms with E-state index in [1.165, 1.54) is 18.5 Å². The van der Waals surface area contributed by atoms with Gasteiger partial charge in [-0.1, -0.05) is 0 Å². The van der Waals surface area contributed by atoms with Crippen LogP contribution in [0.1, 0.15) is 29.9 Å². The highest BCUT2D eigenvalue weighted by molar-refractivity contribution is 5.94. The number of piperidine rings is 1. The van der Waals surface area contributed by atoms with Crippen LogP contribution in [0, 0.1) is 17.2 Å². The number of carbonyl (C=O) groups is 2. The van der Waals surface area contributed by atoms with Gasteiger partial charge in [-0.2, -0.15) is 10.4 Å². The summed E-state index contributed by atoms with van der Waals surface area (Å²) in [5.74, 6) is -4.11. The molecule has 3 atom stereocenters. The highest BCUT2D eigenvalue weighted by Gasteiger charge is 2.48. The normalized spacial score (nSPS) is 21.6. The lowest BCUT2D eigenvalue weighted by Gasteiger charge is -2.38. The summed E-state index contributed by atoms with van der Waals surface area (Å²) in [6, 6.07) is 7.99. The zero-order chi connectivity index (χ0) is 27.7. The topological polar surface area (TPSA) is 146 Å². The van der Waals surface area contributed by atoms with Gasteiger partial charge in [0.15, 0.2) is 6.10 Å². The molecule has 1 aromatic carbocycles. The Morgan fingerprint density at radius 3 is 2.82 bits per heavy atom. The molecule has 1 saturated carbocycles. The van der Waals surface area contributed by atoms with E-state index in [0.717, 1.165) is 16.9 Å². The number of aliphatic hydroxyl groups excluding tert-OH is 1. The third-order valence-corrected chi connectivity index (χ3v) is 6.89. The van der Waals surface area contributed by atoms with Crippen LogP contribution in [-0.2, 0) is 16.6 Å². The molecule has 0 bridgehead atoms. The first-order valence-corrected chi connectivity index (χ1v) is 12.3. The summed E-state index contributed by atoms with van der Waals surface area (Å²) in [7, 11) is 1.82. The summed E-state index contributed by atoms with van der Waals surface area (Å²) in [6.45, 7) is -1.72. The molecular weight excluding hydrogens is 512 g/mol. The summed E-state index contributed by atoms with van der Waals surface area (Å²) in [4.78, 5) is 33.6. The van der Waals surface area contributed by atoms with E-state index in [2.05, 4.69) is 20.4 Å². The van der Waals surface area contributed by atoms with E-state index < -0.39 is 31.1 Å². The van der Waals surface area contributed by atoms with Gasteiger partial charge in [-0.25, -0.2) is 18.7 Å². The summed E-state index contributed by atoms with van der Waals surface area (Å²) >= 11 is 0. The predicted molar refractivity (Wildman–Crippen MR) is 133 cm³/mol. The number of ether oxygens (including phenoxy) is 1. The Morgan fingerprint density at radius 2 is 2.13 bits per heavy atom. The van der Waals surface area contributed by atoms with Crippen molar-refractivity contribution in [1.82, 2.24) is 24.6 Å². The van der Waals surface area contributed by atoms with Gasteiger partial charge in [0.25, 0.3) is 0 Å². The van der Waals surface area contributed by atoms with Crippen molar-refractivity contribution in [2.75, 3.05) is 25.0 Å². The number of amides is 2. The first-order valence-electron chi connectivity index (χ1n) is 12.3. The number of carbonyl (C=O) groups excluding carboxylic acids is 2. The predicted octanol–water partition coefficient (Wildman–Crippen LogP) is 2.10. The number of alkyl halides is 2. The number of hydrogen-bond acceptors (Lipinski definition) is 8. The van der Waals surface area contributed by atoms with E-state index in [0.29, 0.717) is 17.1 Å². The number of nitriles is 1. The third kappa shape index (κ3) is 5.56. The number of likely N-dealkylation sites (tertiary alicyclic amines) is 1.